The predicted molar refractivity (Wildman–Crippen MR) is 60.9 cm³/mol. The molecule has 16 heavy (non-hydrogen) atoms. The van der Waals surface area contributed by atoms with E-state index in [4.69, 9.17) is 0 Å². The number of halogens is 1. The largest absolute Gasteiger partial charge is 0.315 e. The number of carbonyl (C=O) groups excluding carboxylic acids is 1. The van der Waals surface area contributed by atoms with E-state index in [1.165, 1.54) is 12.3 Å². The van der Waals surface area contributed by atoms with Gasteiger partial charge in [0.1, 0.15) is 0 Å². The fourth-order valence-corrected chi connectivity index (χ4v) is 1.38. The second-order valence-corrected chi connectivity index (χ2v) is 3.99. The molecule has 0 spiro atoms. The van der Waals surface area contributed by atoms with Gasteiger partial charge in [0.15, 0.2) is 11.6 Å². The number of carbonyl (C=O) groups is 1. The van der Waals surface area contributed by atoms with E-state index in [0.717, 1.165) is 19.2 Å². The molecular formula is C12H17FN2O. The van der Waals surface area contributed by atoms with Crippen molar-refractivity contribution >= 4 is 5.78 Å². The Labute approximate surface area is 95.1 Å². The van der Waals surface area contributed by atoms with E-state index in [9.17, 15) is 9.18 Å². The fourth-order valence-electron chi connectivity index (χ4n) is 1.38. The third kappa shape index (κ3) is 4.06. The number of nitrogens with zero attached hydrogens (tertiary/aromatic N) is 1. The van der Waals surface area contributed by atoms with Gasteiger partial charge in [0.05, 0.1) is 11.8 Å². The first-order valence-electron chi connectivity index (χ1n) is 5.47. The van der Waals surface area contributed by atoms with Crippen LogP contribution < -0.4 is 5.32 Å². The minimum Gasteiger partial charge on any atom is -0.315 e. The van der Waals surface area contributed by atoms with Gasteiger partial charge in [-0.2, -0.15) is 0 Å². The monoisotopic (exact) mass is 224 g/mol. The van der Waals surface area contributed by atoms with E-state index in [1.807, 2.05) is 13.8 Å². The average molecular weight is 224 g/mol. The maximum absolute atomic E-state index is 13.2. The summed E-state index contributed by atoms with van der Waals surface area (Å²) >= 11 is 0. The molecule has 0 unspecified atom stereocenters. The summed E-state index contributed by atoms with van der Waals surface area (Å²) in [5.41, 5.74) is 0.138. The highest BCUT2D eigenvalue weighted by atomic mass is 19.1. The standard InChI is InChI=1S/C12H17FN2O/c1-9(2)15-6-3-4-12(16)10-5-7-14-8-11(10)13/h5,7-9,15H,3-4,6H2,1-2H3. The van der Waals surface area contributed by atoms with Crippen molar-refractivity contribution in [2.24, 2.45) is 0 Å². The molecule has 0 fully saturated rings. The van der Waals surface area contributed by atoms with Crippen molar-refractivity contribution in [3.63, 3.8) is 0 Å². The van der Waals surface area contributed by atoms with E-state index in [-0.39, 0.29) is 11.3 Å². The summed E-state index contributed by atoms with van der Waals surface area (Å²) in [6.07, 6.45) is 3.59. The number of nitrogens with one attached hydrogen (secondary N) is 1. The van der Waals surface area contributed by atoms with Crippen molar-refractivity contribution in [2.45, 2.75) is 32.7 Å². The van der Waals surface area contributed by atoms with E-state index in [0.29, 0.717) is 12.5 Å². The number of hydrogen-bond acceptors (Lipinski definition) is 3. The summed E-state index contributed by atoms with van der Waals surface area (Å²) in [7, 11) is 0. The molecule has 0 saturated carbocycles. The molecular weight excluding hydrogens is 207 g/mol. The highest BCUT2D eigenvalue weighted by molar-refractivity contribution is 5.96. The highest BCUT2D eigenvalue weighted by Gasteiger charge is 2.10. The molecule has 1 aromatic rings. The Bertz CT molecular complexity index is 353. The van der Waals surface area contributed by atoms with Crippen LogP contribution in [0.4, 0.5) is 4.39 Å². The van der Waals surface area contributed by atoms with Crippen molar-refractivity contribution in [2.75, 3.05) is 6.54 Å². The number of rotatable bonds is 6. The summed E-state index contributed by atoms with van der Waals surface area (Å²) in [4.78, 5) is 15.2. The van der Waals surface area contributed by atoms with Crippen molar-refractivity contribution in [3.05, 3.63) is 29.8 Å². The molecule has 1 heterocycles. The van der Waals surface area contributed by atoms with Crippen molar-refractivity contribution in [1.82, 2.24) is 10.3 Å². The third-order valence-corrected chi connectivity index (χ3v) is 2.21. The molecule has 0 radical (unpaired) electrons. The van der Waals surface area contributed by atoms with Gasteiger partial charge in [-0.3, -0.25) is 9.78 Å². The van der Waals surface area contributed by atoms with Crippen molar-refractivity contribution < 1.29 is 9.18 Å². The SMILES string of the molecule is CC(C)NCCCC(=O)c1ccncc1F. The Kier molecular flexibility index (Phi) is 5.05. The molecule has 4 heteroatoms. The van der Waals surface area contributed by atoms with Crippen LogP contribution in [0.2, 0.25) is 0 Å². The Balaban J connectivity index is 2.39. The van der Waals surface area contributed by atoms with Crippen LogP contribution in [0.25, 0.3) is 0 Å². The maximum Gasteiger partial charge on any atom is 0.165 e. The number of hydrogen-bond donors (Lipinski definition) is 1. The predicted octanol–water partition coefficient (Wildman–Crippen LogP) is 2.18. The second kappa shape index (κ2) is 6.33. The van der Waals surface area contributed by atoms with Crippen LogP contribution in [0.15, 0.2) is 18.5 Å². The molecule has 0 aromatic carbocycles. The number of aromatic nitrogens is 1. The van der Waals surface area contributed by atoms with Gasteiger partial charge >= 0.3 is 0 Å². The average Bonchev–Trinajstić information content (AvgIpc) is 2.24. The molecule has 0 aliphatic heterocycles. The van der Waals surface area contributed by atoms with Crippen LogP contribution in [0.3, 0.4) is 0 Å². The lowest BCUT2D eigenvalue weighted by atomic mass is 10.1. The topological polar surface area (TPSA) is 42.0 Å². The van der Waals surface area contributed by atoms with Gasteiger partial charge in [-0.25, -0.2) is 4.39 Å². The van der Waals surface area contributed by atoms with E-state index in [2.05, 4.69) is 10.3 Å². The molecule has 0 amide bonds. The molecule has 1 aromatic heterocycles. The molecule has 0 aliphatic rings. The van der Waals surface area contributed by atoms with Crippen LogP contribution in [0, 0.1) is 5.82 Å². The Morgan fingerprint density at radius 1 is 1.56 bits per heavy atom. The maximum atomic E-state index is 13.2. The van der Waals surface area contributed by atoms with Gasteiger partial charge in [0, 0.05) is 18.7 Å². The summed E-state index contributed by atoms with van der Waals surface area (Å²) < 4.78 is 13.2. The van der Waals surface area contributed by atoms with Gasteiger partial charge < -0.3 is 5.32 Å². The van der Waals surface area contributed by atoms with Gasteiger partial charge in [0.25, 0.3) is 0 Å². The zero-order valence-corrected chi connectivity index (χ0v) is 9.66. The first kappa shape index (κ1) is 12.8. The number of ketones is 1. The molecule has 0 aliphatic carbocycles. The molecule has 1 N–H and O–H groups in total. The number of Topliss-reactive ketones (excluding diaryl/α,β-unsaturated/α-hetero) is 1. The van der Waals surface area contributed by atoms with Gasteiger partial charge in [0.2, 0.25) is 0 Å². The lowest BCUT2D eigenvalue weighted by molar-refractivity contribution is 0.0975. The van der Waals surface area contributed by atoms with Crippen molar-refractivity contribution in [1.29, 1.82) is 0 Å². The molecule has 0 atom stereocenters. The van der Waals surface area contributed by atoms with Gasteiger partial charge in [-0.1, -0.05) is 13.8 Å². The van der Waals surface area contributed by atoms with Crippen LogP contribution in [-0.4, -0.2) is 23.4 Å². The van der Waals surface area contributed by atoms with Crippen LogP contribution in [-0.2, 0) is 0 Å². The smallest absolute Gasteiger partial charge is 0.165 e. The fraction of sp³-hybridized carbons (Fsp3) is 0.500. The van der Waals surface area contributed by atoms with Gasteiger partial charge in [-0.05, 0) is 19.0 Å². The normalized spacial score (nSPS) is 10.8. The van der Waals surface area contributed by atoms with Crippen LogP contribution in [0.1, 0.15) is 37.0 Å². The van der Waals surface area contributed by atoms with Crippen molar-refractivity contribution in [3.8, 4) is 0 Å². The third-order valence-electron chi connectivity index (χ3n) is 2.21. The summed E-state index contributed by atoms with van der Waals surface area (Å²) in [5.74, 6) is -0.699. The quantitative estimate of drug-likeness (QED) is 0.595. The molecule has 0 bridgehead atoms. The first-order valence-corrected chi connectivity index (χ1v) is 5.47. The molecule has 1 rings (SSSR count). The zero-order valence-electron chi connectivity index (χ0n) is 9.66. The van der Waals surface area contributed by atoms with Crippen LogP contribution >= 0.6 is 0 Å². The van der Waals surface area contributed by atoms with E-state index < -0.39 is 5.82 Å². The minimum atomic E-state index is -0.538. The lowest BCUT2D eigenvalue weighted by Gasteiger charge is -2.07. The molecule has 88 valence electrons. The van der Waals surface area contributed by atoms with Gasteiger partial charge in [-0.15, -0.1) is 0 Å². The minimum absolute atomic E-state index is 0.138. The number of pyridine rings is 1. The highest BCUT2D eigenvalue weighted by Crippen LogP contribution is 2.08. The summed E-state index contributed by atoms with van der Waals surface area (Å²) in [6, 6.07) is 1.83. The molecule has 0 saturated heterocycles. The summed E-state index contributed by atoms with van der Waals surface area (Å²) in [6.45, 7) is 4.87. The summed E-state index contributed by atoms with van der Waals surface area (Å²) in [5, 5.41) is 3.21. The molecule has 3 nitrogen and oxygen atoms in total. The zero-order chi connectivity index (χ0) is 12.0. The first-order chi connectivity index (χ1) is 7.61. The van der Waals surface area contributed by atoms with E-state index in [1.54, 1.807) is 0 Å². The lowest BCUT2D eigenvalue weighted by Crippen LogP contribution is -2.24. The van der Waals surface area contributed by atoms with Crippen LogP contribution in [0.5, 0.6) is 0 Å². The Hall–Kier alpha value is -1.29. The Morgan fingerprint density at radius 2 is 2.31 bits per heavy atom. The second-order valence-electron chi connectivity index (χ2n) is 3.99. The Morgan fingerprint density at radius 3 is 2.94 bits per heavy atom. The van der Waals surface area contributed by atoms with E-state index >= 15 is 0 Å².